The zero-order valence-electron chi connectivity index (χ0n) is 11.9. The molecule has 0 radical (unpaired) electrons. The van der Waals surface area contributed by atoms with Crippen LogP contribution in [0.15, 0.2) is 36.5 Å². The highest BCUT2D eigenvalue weighted by molar-refractivity contribution is 6.36. The van der Waals surface area contributed by atoms with Crippen LogP contribution in [-0.2, 0) is 0 Å². The van der Waals surface area contributed by atoms with Crippen LogP contribution < -0.4 is 0 Å². The third-order valence-electron chi connectivity index (χ3n) is 3.30. The molecule has 0 saturated heterocycles. The van der Waals surface area contributed by atoms with Gasteiger partial charge in [-0.05, 0) is 24.6 Å². The maximum Gasteiger partial charge on any atom is 0.161 e. The number of aromatic nitrogens is 3. The Kier molecular flexibility index (Phi) is 4.39. The first-order valence-corrected chi connectivity index (χ1v) is 7.74. The zero-order chi connectivity index (χ0) is 16.6. The molecule has 0 saturated carbocycles. The SMILES string of the molecule is Cc1nnc(Cl)c(-c2ncc(O)cc2Cl)c1-c1ccc(Cl)cc1. The summed E-state index contributed by atoms with van der Waals surface area (Å²) in [5.41, 5.74) is 3.30. The lowest BCUT2D eigenvalue weighted by molar-refractivity contribution is 0.473. The smallest absolute Gasteiger partial charge is 0.161 e. The van der Waals surface area contributed by atoms with Crippen molar-refractivity contribution in [3.05, 3.63) is 57.4 Å². The van der Waals surface area contributed by atoms with Gasteiger partial charge in [0, 0.05) is 16.7 Å². The summed E-state index contributed by atoms with van der Waals surface area (Å²) in [7, 11) is 0. The molecule has 1 aromatic carbocycles. The van der Waals surface area contributed by atoms with Crippen LogP contribution in [0.5, 0.6) is 5.75 Å². The van der Waals surface area contributed by atoms with E-state index in [-0.39, 0.29) is 15.9 Å². The number of pyridine rings is 1. The first-order chi connectivity index (χ1) is 11.0. The fourth-order valence-electron chi connectivity index (χ4n) is 2.30. The average molecular weight is 367 g/mol. The highest BCUT2D eigenvalue weighted by atomic mass is 35.5. The van der Waals surface area contributed by atoms with E-state index < -0.39 is 0 Å². The molecule has 0 aliphatic rings. The standard InChI is InChI=1S/C16H10Cl3N3O/c1-8-13(9-2-4-10(17)5-3-9)14(16(19)22-21-8)15-12(18)6-11(23)7-20-15/h2-7,23H,1H3. The molecule has 0 bridgehead atoms. The van der Waals surface area contributed by atoms with Crippen molar-refractivity contribution in [2.45, 2.75) is 6.92 Å². The molecule has 2 aromatic heterocycles. The van der Waals surface area contributed by atoms with Gasteiger partial charge in [-0.15, -0.1) is 5.10 Å². The summed E-state index contributed by atoms with van der Waals surface area (Å²) in [6.07, 6.45) is 1.30. The van der Waals surface area contributed by atoms with Crippen molar-refractivity contribution >= 4 is 34.8 Å². The molecule has 0 unspecified atom stereocenters. The Bertz CT molecular complexity index is 882. The van der Waals surface area contributed by atoms with Gasteiger partial charge in [-0.3, -0.25) is 4.98 Å². The second-order valence-corrected chi connectivity index (χ2v) is 6.06. The maximum atomic E-state index is 9.50. The van der Waals surface area contributed by atoms with Crippen molar-refractivity contribution in [2.24, 2.45) is 0 Å². The fraction of sp³-hybridized carbons (Fsp3) is 0.0625. The Balaban J connectivity index is 2.32. The third-order valence-corrected chi connectivity index (χ3v) is 4.11. The molecule has 2 heterocycles. The molecule has 1 N–H and O–H groups in total. The van der Waals surface area contributed by atoms with Gasteiger partial charge in [0.25, 0.3) is 0 Å². The predicted octanol–water partition coefficient (Wildman–Crippen LogP) is 5.18. The molecule has 3 rings (SSSR count). The number of aromatic hydroxyl groups is 1. The summed E-state index contributed by atoms with van der Waals surface area (Å²) < 4.78 is 0. The molecule has 0 spiro atoms. The van der Waals surface area contributed by atoms with Crippen LogP contribution >= 0.6 is 34.8 Å². The lowest BCUT2D eigenvalue weighted by Crippen LogP contribution is -1.99. The van der Waals surface area contributed by atoms with E-state index in [2.05, 4.69) is 15.2 Å². The Labute approximate surface area is 147 Å². The first kappa shape index (κ1) is 16.0. The van der Waals surface area contributed by atoms with Gasteiger partial charge in [0.1, 0.15) is 5.75 Å². The summed E-state index contributed by atoms with van der Waals surface area (Å²) in [5.74, 6) is -0.0262. The summed E-state index contributed by atoms with van der Waals surface area (Å²) >= 11 is 18.4. The topological polar surface area (TPSA) is 58.9 Å². The molecule has 0 atom stereocenters. The van der Waals surface area contributed by atoms with Crippen LogP contribution in [0.25, 0.3) is 22.4 Å². The molecule has 0 fully saturated rings. The van der Waals surface area contributed by atoms with Gasteiger partial charge in [0.15, 0.2) is 5.15 Å². The number of nitrogens with zero attached hydrogens (tertiary/aromatic N) is 3. The summed E-state index contributed by atoms with van der Waals surface area (Å²) in [5, 5.41) is 18.6. The van der Waals surface area contributed by atoms with Gasteiger partial charge in [-0.2, -0.15) is 5.10 Å². The van der Waals surface area contributed by atoms with E-state index >= 15 is 0 Å². The molecular formula is C16H10Cl3N3O. The summed E-state index contributed by atoms with van der Waals surface area (Å²) in [6.45, 7) is 1.82. The minimum Gasteiger partial charge on any atom is -0.506 e. The monoisotopic (exact) mass is 365 g/mol. The largest absolute Gasteiger partial charge is 0.506 e. The normalized spacial score (nSPS) is 10.8. The average Bonchev–Trinajstić information content (AvgIpc) is 2.51. The summed E-state index contributed by atoms with van der Waals surface area (Å²) in [4.78, 5) is 4.19. The highest BCUT2D eigenvalue weighted by Crippen LogP contribution is 2.40. The Morgan fingerprint density at radius 2 is 1.65 bits per heavy atom. The van der Waals surface area contributed by atoms with E-state index in [9.17, 15) is 5.11 Å². The molecule has 0 amide bonds. The fourth-order valence-corrected chi connectivity index (χ4v) is 2.90. The minimum absolute atomic E-state index is 0.0262. The number of hydrogen-bond donors (Lipinski definition) is 1. The number of rotatable bonds is 2. The van der Waals surface area contributed by atoms with Gasteiger partial charge < -0.3 is 5.11 Å². The zero-order valence-corrected chi connectivity index (χ0v) is 14.2. The number of halogens is 3. The second kappa shape index (κ2) is 6.32. The van der Waals surface area contributed by atoms with Crippen LogP contribution in [0.1, 0.15) is 5.69 Å². The first-order valence-electron chi connectivity index (χ1n) is 6.61. The minimum atomic E-state index is -0.0262. The molecule has 4 nitrogen and oxygen atoms in total. The van der Waals surface area contributed by atoms with E-state index in [1.807, 2.05) is 19.1 Å². The summed E-state index contributed by atoms with van der Waals surface area (Å²) in [6, 6.07) is 8.68. The Hall–Kier alpha value is -1.88. The van der Waals surface area contributed by atoms with Gasteiger partial charge in [-0.1, -0.05) is 46.9 Å². The Morgan fingerprint density at radius 3 is 2.30 bits per heavy atom. The molecule has 7 heteroatoms. The van der Waals surface area contributed by atoms with Crippen molar-refractivity contribution in [1.29, 1.82) is 0 Å². The van der Waals surface area contributed by atoms with Crippen LogP contribution in [0, 0.1) is 6.92 Å². The van der Waals surface area contributed by atoms with Crippen LogP contribution in [-0.4, -0.2) is 20.3 Å². The second-order valence-electron chi connectivity index (χ2n) is 4.86. The van der Waals surface area contributed by atoms with E-state index in [4.69, 9.17) is 34.8 Å². The quantitative estimate of drug-likeness (QED) is 0.679. The van der Waals surface area contributed by atoms with Crippen LogP contribution in [0.4, 0.5) is 0 Å². The number of hydrogen-bond acceptors (Lipinski definition) is 4. The highest BCUT2D eigenvalue weighted by Gasteiger charge is 2.20. The molecule has 0 aliphatic carbocycles. The van der Waals surface area contributed by atoms with Crippen molar-refractivity contribution < 1.29 is 5.11 Å². The maximum absolute atomic E-state index is 9.50. The third kappa shape index (κ3) is 3.11. The van der Waals surface area contributed by atoms with E-state index in [1.165, 1.54) is 12.3 Å². The lowest BCUT2D eigenvalue weighted by atomic mass is 9.97. The predicted molar refractivity (Wildman–Crippen MR) is 92.1 cm³/mol. The molecule has 23 heavy (non-hydrogen) atoms. The van der Waals surface area contributed by atoms with Crippen LogP contribution in [0.3, 0.4) is 0 Å². The van der Waals surface area contributed by atoms with E-state index in [0.717, 1.165) is 11.1 Å². The van der Waals surface area contributed by atoms with Crippen molar-refractivity contribution in [2.75, 3.05) is 0 Å². The van der Waals surface area contributed by atoms with E-state index in [0.29, 0.717) is 22.0 Å². The molecule has 3 aromatic rings. The lowest BCUT2D eigenvalue weighted by Gasteiger charge is -2.14. The van der Waals surface area contributed by atoms with Gasteiger partial charge >= 0.3 is 0 Å². The Morgan fingerprint density at radius 1 is 0.957 bits per heavy atom. The van der Waals surface area contributed by atoms with Gasteiger partial charge in [0.2, 0.25) is 0 Å². The number of aryl methyl sites for hydroxylation is 1. The van der Waals surface area contributed by atoms with E-state index in [1.54, 1.807) is 12.1 Å². The molecular weight excluding hydrogens is 357 g/mol. The molecule has 0 aliphatic heterocycles. The van der Waals surface area contributed by atoms with Gasteiger partial charge in [-0.25, -0.2) is 0 Å². The van der Waals surface area contributed by atoms with Crippen LogP contribution in [0.2, 0.25) is 15.2 Å². The number of benzene rings is 1. The van der Waals surface area contributed by atoms with Gasteiger partial charge in [0.05, 0.1) is 28.2 Å². The van der Waals surface area contributed by atoms with Crippen molar-refractivity contribution in [1.82, 2.24) is 15.2 Å². The van der Waals surface area contributed by atoms with Crippen molar-refractivity contribution in [3.63, 3.8) is 0 Å². The van der Waals surface area contributed by atoms with Crippen molar-refractivity contribution in [3.8, 4) is 28.1 Å². The molecule has 116 valence electrons.